The van der Waals surface area contributed by atoms with Gasteiger partial charge in [-0.1, -0.05) is 26.7 Å². The Kier molecular flexibility index (Phi) is 4.28. The van der Waals surface area contributed by atoms with Crippen molar-refractivity contribution >= 4 is 35.8 Å². The van der Waals surface area contributed by atoms with Crippen molar-refractivity contribution in [1.82, 2.24) is 19.3 Å². The predicted octanol–water partition coefficient (Wildman–Crippen LogP) is 4.25. The number of anilines is 1. The summed E-state index contributed by atoms with van der Waals surface area (Å²) in [6, 6.07) is 7.21. The largest absolute Gasteiger partial charge is 0.459 e. The summed E-state index contributed by atoms with van der Waals surface area (Å²) < 4.78 is 7.23. The maximum absolute atomic E-state index is 12.1. The number of fused-ring (bicyclic) bond motifs is 1. The summed E-state index contributed by atoms with van der Waals surface area (Å²) in [5.74, 6) is 2.25. The first-order valence-electron chi connectivity index (χ1n) is 8.54. The monoisotopic (exact) mass is 369 g/mol. The number of hydrogen-bond acceptors (Lipinski definition) is 6. The van der Waals surface area contributed by atoms with Gasteiger partial charge in [-0.25, -0.2) is 14.8 Å². The van der Waals surface area contributed by atoms with Gasteiger partial charge in [0.25, 0.3) is 0 Å². The zero-order valence-electron chi connectivity index (χ0n) is 14.5. The van der Waals surface area contributed by atoms with Crippen molar-refractivity contribution in [2.75, 3.05) is 5.32 Å². The van der Waals surface area contributed by atoms with Gasteiger partial charge in [0.1, 0.15) is 22.8 Å². The smallest absolute Gasteiger partial charge is 0.333 e. The lowest BCUT2D eigenvalue weighted by Gasteiger charge is -2.15. The number of carbonyl (C=O) groups is 1. The Bertz CT molecular complexity index is 967. The van der Waals surface area contributed by atoms with Crippen LogP contribution in [0.1, 0.15) is 38.4 Å². The van der Waals surface area contributed by atoms with Crippen molar-refractivity contribution in [3.63, 3.8) is 0 Å². The number of thiol groups is 1. The predicted molar refractivity (Wildman–Crippen MR) is 102 cm³/mol. The van der Waals surface area contributed by atoms with Gasteiger partial charge >= 0.3 is 6.03 Å². The molecule has 2 amide bonds. The van der Waals surface area contributed by atoms with Crippen molar-refractivity contribution in [3.8, 4) is 11.5 Å². The van der Waals surface area contributed by atoms with Crippen LogP contribution in [0.5, 0.6) is 0 Å². The molecule has 0 aliphatic heterocycles. The SMILES string of the molecule is CC(C)c1ccc(-c2cnc3ccc(NC(=O)N(S)C4CC4)nc3n2)o1. The first-order chi connectivity index (χ1) is 12.5. The highest BCUT2D eigenvalue weighted by Crippen LogP contribution is 2.29. The van der Waals surface area contributed by atoms with E-state index in [0.717, 1.165) is 18.6 Å². The van der Waals surface area contributed by atoms with E-state index in [1.807, 2.05) is 12.1 Å². The quantitative estimate of drug-likeness (QED) is 0.672. The van der Waals surface area contributed by atoms with Crippen LogP contribution in [0.2, 0.25) is 0 Å². The molecule has 1 aliphatic rings. The summed E-state index contributed by atoms with van der Waals surface area (Å²) in [5, 5.41) is 2.74. The van der Waals surface area contributed by atoms with Gasteiger partial charge < -0.3 is 4.42 Å². The molecule has 4 rings (SSSR count). The number of urea groups is 1. The fourth-order valence-corrected chi connectivity index (χ4v) is 2.82. The molecule has 0 aromatic carbocycles. The van der Waals surface area contributed by atoms with Crippen LogP contribution in [-0.2, 0) is 0 Å². The van der Waals surface area contributed by atoms with Gasteiger partial charge in [-0.3, -0.25) is 14.6 Å². The first kappa shape index (κ1) is 16.8. The first-order valence-corrected chi connectivity index (χ1v) is 8.94. The third kappa shape index (κ3) is 3.37. The Hall–Kier alpha value is -2.61. The molecule has 3 aromatic rings. The third-order valence-electron chi connectivity index (χ3n) is 4.19. The third-order valence-corrected chi connectivity index (χ3v) is 4.70. The van der Waals surface area contributed by atoms with Crippen LogP contribution in [0.3, 0.4) is 0 Å². The molecular weight excluding hydrogens is 350 g/mol. The lowest BCUT2D eigenvalue weighted by molar-refractivity contribution is 0.238. The molecule has 0 spiro atoms. The number of carbonyl (C=O) groups excluding carboxylic acids is 1. The zero-order chi connectivity index (χ0) is 18.3. The van der Waals surface area contributed by atoms with Crippen molar-refractivity contribution < 1.29 is 9.21 Å². The summed E-state index contributed by atoms with van der Waals surface area (Å²) in [6.07, 6.45) is 3.63. The number of pyridine rings is 1. The number of nitrogens with zero attached hydrogens (tertiary/aromatic N) is 4. The molecule has 1 N–H and O–H groups in total. The minimum absolute atomic E-state index is 0.208. The van der Waals surface area contributed by atoms with Crippen LogP contribution in [0, 0.1) is 0 Å². The average Bonchev–Trinajstić information content (AvgIpc) is 3.36. The molecule has 1 saturated carbocycles. The molecule has 26 heavy (non-hydrogen) atoms. The number of furan rings is 1. The standard InChI is InChI=1S/C18H19N5O2S/c1-10(2)14-6-7-15(25-14)13-9-19-12-5-8-16(21-17(12)20-13)22-18(24)23(26)11-3-4-11/h5-11,26H,3-4H2,1-2H3,(H,20,21,22,24). The molecule has 0 saturated heterocycles. The van der Waals surface area contributed by atoms with E-state index in [1.165, 1.54) is 4.31 Å². The molecule has 1 fully saturated rings. The van der Waals surface area contributed by atoms with Crippen LogP contribution >= 0.6 is 12.8 Å². The van der Waals surface area contributed by atoms with E-state index in [9.17, 15) is 4.79 Å². The van der Waals surface area contributed by atoms with Gasteiger partial charge in [0.15, 0.2) is 11.4 Å². The Morgan fingerprint density at radius 3 is 2.77 bits per heavy atom. The second-order valence-corrected chi connectivity index (χ2v) is 7.09. The molecule has 8 heteroatoms. The summed E-state index contributed by atoms with van der Waals surface area (Å²) in [4.78, 5) is 25.4. The Labute approximate surface area is 156 Å². The van der Waals surface area contributed by atoms with E-state index in [4.69, 9.17) is 4.42 Å². The molecule has 0 atom stereocenters. The zero-order valence-corrected chi connectivity index (χ0v) is 15.4. The molecule has 0 radical (unpaired) electrons. The molecule has 1 aliphatic carbocycles. The van der Waals surface area contributed by atoms with Crippen LogP contribution in [0.4, 0.5) is 10.6 Å². The summed E-state index contributed by atoms with van der Waals surface area (Å²) >= 11 is 4.22. The van der Waals surface area contributed by atoms with Crippen LogP contribution in [0.25, 0.3) is 22.6 Å². The van der Waals surface area contributed by atoms with Crippen molar-refractivity contribution in [1.29, 1.82) is 0 Å². The normalized spacial score (nSPS) is 14.0. The Morgan fingerprint density at radius 1 is 1.27 bits per heavy atom. The van der Waals surface area contributed by atoms with E-state index < -0.39 is 0 Å². The second-order valence-electron chi connectivity index (χ2n) is 6.66. The number of hydrogen-bond donors (Lipinski definition) is 2. The van der Waals surface area contributed by atoms with Gasteiger partial charge in [-0.2, -0.15) is 0 Å². The van der Waals surface area contributed by atoms with Gasteiger partial charge in [0, 0.05) is 12.0 Å². The molecular formula is C18H19N5O2S. The summed E-state index contributed by atoms with van der Waals surface area (Å²) in [6.45, 7) is 4.13. The number of amides is 2. The van der Waals surface area contributed by atoms with Crippen LogP contribution in [0.15, 0.2) is 34.9 Å². The molecule has 0 unspecified atom stereocenters. The number of rotatable bonds is 4. The van der Waals surface area contributed by atoms with Crippen LogP contribution < -0.4 is 5.32 Å². The molecule has 3 heterocycles. The van der Waals surface area contributed by atoms with E-state index in [0.29, 0.717) is 34.4 Å². The second kappa shape index (κ2) is 6.60. The van der Waals surface area contributed by atoms with Gasteiger partial charge in [0.2, 0.25) is 0 Å². The Morgan fingerprint density at radius 2 is 2.08 bits per heavy atom. The van der Waals surface area contributed by atoms with Crippen molar-refractivity contribution in [3.05, 3.63) is 36.2 Å². The minimum atomic E-state index is -0.292. The fourth-order valence-electron chi connectivity index (χ4n) is 2.54. The van der Waals surface area contributed by atoms with Crippen molar-refractivity contribution in [2.24, 2.45) is 0 Å². The summed E-state index contributed by atoms with van der Waals surface area (Å²) in [7, 11) is 0. The fraction of sp³-hybridized carbons (Fsp3) is 0.333. The maximum atomic E-state index is 12.1. The highest BCUT2D eigenvalue weighted by molar-refractivity contribution is 7.78. The van der Waals surface area contributed by atoms with E-state index in [1.54, 1.807) is 18.3 Å². The summed E-state index contributed by atoms with van der Waals surface area (Å²) in [5.41, 5.74) is 1.70. The van der Waals surface area contributed by atoms with Gasteiger partial charge in [-0.15, -0.1) is 0 Å². The number of aromatic nitrogens is 3. The van der Waals surface area contributed by atoms with Crippen LogP contribution in [-0.4, -0.2) is 31.3 Å². The lowest BCUT2D eigenvalue weighted by Crippen LogP contribution is -2.29. The van der Waals surface area contributed by atoms with Crippen molar-refractivity contribution in [2.45, 2.75) is 38.6 Å². The molecule has 0 bridgehead atoms. The minimum Gasteiger partial charge on any atom is -0.459 e. The highest BCUT2D eigenvalue weighted by atomic mass is 32.1. The van der Waals surface area contributed by atoms with Gasteiger partial charge in [0.05, 0.1) is 6.20 Å². The van der Waals surface area contributed by atoms with E-state index in [-0.39, 0.29) is 12.1 Å². The highest BCUT2D eigenvalue weighted by Gasteiger charge is 2.30. The lowest BCUT2D eigenvalue weighted by atomic mass is 10.2. The average molecular weight is 369 g/mol. The van der Waals surface area contributed by atoms with Gasteiger partial charge in [-0.05, 0) is 37.1 Å². The van der Waals surface area contributed by atoms with E-state index >= 15 is 0 Å². The molecule has 3 aromatic heterocycles. The molecule has 134 valence electrons. The molecule has 7 nitrogen and oxygen atoms in total. The topological polar surface area (TPSA) is 84.2 Å². The maximum Gasteiger partial charge on any atom is 0.333 e. The van der Waals surface area contributed by atoms with E-state index in [2.05, 4.69) is 46.9 Å². The number of nitrogens with one attached hydrogen (secondary N) is 1. The Balaban J connectivity index is 1.60.